The zero-order valence-electron chi connectivity index (χ0n) is 14.3. The fourth-order valence-electron chi connectivity index (χ4n) is 3.05. The van der Waals surface area contributed by atoms with Crippen molar-refractivity contribution in [2.45, 2.75) is 12.8 Å². The number of hydrogen-bond acceptors (Lipinski definition) is 2. The lowest BCUT2D eigenvalue weighted by molar-refractivity contribution is -0.132. The number of hydrogen-bond donors (Lipinski definition) is 0. The molecule has 0 N–H and O–H groups in total. The van der Waals surface area contributed by atoms with Crippen LogP contribution in [0.4, 0.5) is 8.78 Å². The Balaban J connectivity index is 1.52. The second kappa shape index (κ2) is 8.08. The van der Waals surface area contributed by atoms with Crippen LogP contribution in [0, 0.1) is 11.6 Å². The molecule has 0 spiro atoms. The largest absolute Gasteiger partial charge is 0.339 e. The van der Waals surface area contributed by atoms with Crippen LogP contribution in [0.15, 0.2) is 48.5 Å². The lowest BCUT2D eigenvalue weighted by Crippen LogP contribution is -2.50. The summed E-state index contributed by atoms with van der Waals surface area (Å²) in [7, 11) is 0. The van der Waals surface area contributed by atoms with Gasteiger partial charge in [-0.05, 0) is 24.1 Å². The van der Waals surface area contributed by atoms with Gasteiger partial charge in [-0.25, -0.2) is 8.78 Å². The Bertz CT molecular complexity index is 788. The monoisotopic (exact) mass is 358 g/mol. The van der Waals surface area contributed by atoms with E-state index in [9.17, 15) is 18.4 Å². The van der Waals surface area contributed by atoms with Crippen molar-refractivity contribution in [3.05, 3.63) is 71.3 Å². The van der Waals surface area contributed by atoms with Crippen LogP contribution in [0.1, 0.15) is 22.3 Å². The van der Waals surface area contributed by atoms with Crippen LogP contribution in [-0.2, 0) is 11.2 Å². The van der Waals surface area contributed by atoms with Crippen molar-refractivity contribution in [2.75, 3.05) is 26.2 Å². The van der Waals surface area contributed by atoms with E-state index in [2.05, 4.69) is 0 Å². The maximum absolute atomic E-state index is 13.8. The van der Waals surface area contributed by atoms with Gasteiger partial charge in [0.1, 0.15) is 11.6 Å². The highest BCUT2D eigenvalue weighted by Gasteiger charge is 2.26. The Labute approximate surface area is 151 Å². The van der Waals surface area contributed by atoms with E-state index in [1.165, 1.54) is 4.90 Å². The molecular formula is C20H20F2N2O2. The molecule has 1 saturated heterocycles. The fourth-order valence-corrected chi connectivity index (χ4v) is 3.05. The molecule has 6 heteroatoms. The van der Waals surface area contributed by atoms with E-state index < -0.39 is 17.5 Å². The van der Waals surface area contributed by atoms with E-state index in [0.29, 0.717) is 45.1 Å². The summed E-state index contributed by atoms with van der Waals surface area (Å²) in [6.07, 6.45) is 1.10. The Morgan fingerprint density at radius 3 is 2.19 bits per heavy atom. The molecule has 1 aliphatic rings. The second-order valence-corrected chi connectivity index (χ2v) is 6.28. The normalized spacial score (nSPS) is 14.4. The minimum absolute atomic E-state index is 0.0499. The molecule has 0 saturated carbocycles. The maximum Gasteiger partial charge on any atom is 0.256 e. The van der Waals surface area contributed by atoms with Gasteiger partial charge in [0.05, 0.1) is 5.56 Å². The van der Waals surface area contributed by atoms with Crippen LogP contribution in [0.3, 0.4) is 0 Å². The average Bonchev–Trinajstić information content (AvgIpc) is 2.66. The first-order chi connectivity index (χ1) is 12.5. The third-order valence-electron chi connectivity index (χ3n) is 4.55. The van der Waals surface area contributed by atoms with Gasteiger partial charge < -0.3 is 9.80 Å². The molecule has 1 fully saturated rings. The van der Waals surface area contributed by atoms with Gasteiger partial charge in [0.15, 0.2) is 0 Å². The third kappa shape index (κ3) is 4.25. The smallest absolute Gasteiger partial charge is 0.256 e. The van der Waals surface area contributed by atoms with Crippen molar-refractivity contribution >= 4 is 11.8 Å². The highest BCUT2D eigenvalue weighted by molar-refractivity contribution is 5.94. The number of halogens is 2. The van der Waals surface area contributed by atoms with Crippen LogP contribution in [0.5, 0.6) is 0 Å². The quantitative estimate of drug-likeness (QED) is 0.843. The Kier molecular flexibility index (Phi) is 5.61. The number of rotatable bonds is 4. The van der Waals surface area contributed by atoms with Crippen LogP contribution >= 0.6 is 0 Å². The van der Waals surface area contributed by atoms with Crippen molar-refractivity contribution < 1.29 is 18.4 Å². The molecule has 0 radical (unpaired) electrons. The van der Waals surface area contributed by atoms with E-state index in [1.54, 1.807) is 4.90 Å². The number of nitrogens with zero attached hydrogens (tertiary/aromatic N) is 2. The van der Waals surface area contributed by atoms with E-state index in [1.807, 2.05) is 30.3 Å². The molecule has 0 aromatic heterocycles. The van der Waals surface area contributed by atoms with Gasteiger partial charge in [0, 0.05) is 38.7 Å². The number of carbonyl (C=O) groups is 2. The highest BCUT2D eigenvalue weighted by Crippen LogP contribution is 2.15. The lowest BCUT2D eigenvalue weighted by atomic mass is 10.1. The minimum Gasteiger partial charge on any atom is -0.339 e. The summed E-state index contributed by atoms with van der Waals surface area (Å²) < 4.78 is 26.7. The molecule has 3 rings (SSSR count). The summed E-state index contributed by atoms with van der Waals surface area (Å²) in [6, 6.07) is 12.7. The van der Waals surface area contributed by atoms with Gasteiger partial charge in [-0.2, -0.15) is 0 Å². The number of amides is 2. The molecule has 1 heterocycles. The molecule has 2 aromatic rings. The van der Waals surface area contributed by atoms with Gasteiger partial charge in [0.25, 0.3) is 5.91 Å². The second-order valence-electron chi connectivity index (χ2n) is 6.28. The SMILES string of the molecule is O=C(CCc1ccccc1)N1CCN(C(=O)c2ccc(F)cc2F)CC1. The van der Waals surface area contributed by atoms with Gasteiger partial charge in [-0.3, -0.25) is 9.59 Å². The first-order valence-corrected chi connectivity index (χ1v) is 8.60. The van der Waals surface area contributed by atoms with Crippen LogP contribution in [0.25, 0.3) is 0 Å². The number of piperazine rings is 1. The summed E-state index contributed by atoms with van der Waals surface area (Å²) in [5.74, 6) is -2.00. The van der Waals surface area contributed by atoms with Gasteiger partial charge >= 0.3 is 0 Å². The highest BCUT2D eigenvalue weighted by atomic mass is 19.1. The first kappa shape index (κ1) is 18.0. The number of carbonyl (C=O) groups excluding carboxylic acids is 2. The summed E-state index contributed by atoms with van der Waals surface area (Å²) in [5.41, 5.74) is 0.969. The van der Waals surface area contributed by atoms with Crippen LogP contribution in [0.2, 0.25) is 0 Å². The molecule has 2 aromatic carbocycles. The Morgan fingerprint density at radius 2 is 1.54 bits per heavy atom. The fraction of sp³-hybridized carbons (Fsp3) is 0.300. The molecular weight excluding hydrogens is 338 g/mol. The molecule has 26 heavy (non-hydrogen) atoms. The van der Waals surface area contributed by atoms with Crippen molar-refractivity contribution in [2.24, 2.45) is 0 Å². The van der Waals surface area contributed by atoms with E-state index in [-0.39, 0.29) is 11.5 Å². The number of benzene rings is 2. The van der Waals surface area contributed by atoms with Gasteiger partial charge in [-0.15, -0.1) is 0 Å². The first-order valence-electron chi connectivity index (χ1n) is 8.60. The lowest BCUT2D eigenvalue weighted by Gasteiger charge is -2.35. The predicted molar refractivity (Wildman–Crippen MR) is 93.6 cm³/mol. The maximum atomic E-state index is 13.8. The Hall–Kier alpha value is -2.76. The summed E-state index contributed by atoms with van der Waals surface area (Å²) in [4.78, 5) is 27.9. The van der Waals surface area contributed by atoms with E-state index >= 15 is 0 Å². The summed E-state index contributed by atoms with van der Waals surface area (Å²) >= 11 is 0. The zero-order valence-corrected chi connectivity index (χ0v) is 14.3. The topological polar surface area (TPSA) is 40.6 Å². The molecule has 1 aliphatic heterocycles. The van der Waals surface area contributed by atoms with Gasteiger partial charge in [0.2, 0.25) is 5.91 Å². The van der Waals surface area contributed by atoms with E-state index in [0.717, 1.165) is 17.7 Å². The van der Waals surface area contributed by atoms with Crippen molar-refractivity contribution in [1.82, 2.24) is 9.80 Å². The minimum atomic E-state index is -0.864. The molecule has 0 atom stereocenters. The zero-order chi connectivity index (χ0) is 18.5. The Morgan fingerprint density at radius 1 is 0.885 bits per heavy atom. The molecule has 0 unspecified atom stereocenters. The van der Waals surface area contributed by atoms with Crippen molar-refractivity contribution in [3.8, 4) is 0 Å². The summed E-state index contributed by atoms with van der Waals surface area (Å²) in [6.45, 7) is 1.52. The predicted octanol–water partition coefficient (Wildman–Crippen LogP) is 2.88. The molecule has 0 bridgehead atoms. The van der Waals surface area contributed by atoms with Crippen molar-refractivity contribution in [1.29, 1.82) is 0 Å². The third-order valence-corrected chi connectivity index (χ3v) is 4.55. The molecule has 0 aliphatic carbocycles. The van der Waals surface area contributed by atoms with Gasteiger partial charge in [-0.1, -0.05) is 30.3 Å². The van der Waals surface area contributed by atoms with E-state index in [4.69, 9.17) is 0 Å². The molecule has 136 valence electrons. The molecule has 4 nitrogen and oxygen atoms in total. The summed E-state index contributed by atoms with van der Waals surface area (Å²) in [5, 5.41) is 0. The number of aryl methyl sites for hydroxylation is 1. The van der Waals surface area contributed by atoms with Crippen LogP contribution < -0.4 is 0 Å². The molecule has 2 amide bonds. The van der Waals surface area contributed by atoms with Crippen LogP contribution in [-0.4, -0.2) is 47.8 Å². The van der Waals surface area contributed by atoms with Crippen molar-refractivity contribution in [3.63, 3.8) is 0 Å². The average molecular weight is 358 g/mol. The standard InChI is InChI=1S/C20H20F2N2O2/c21-16-7-8-17(18(22)14-16)20(26)24-12-10-23(11-13-24)19(25)9-6-15-4-2-1-3-5-15/h1-5,7-8,14H,6,9-13H2.